The van der Waals surface area contributed by atoms with E-state index in [1.807, 2.05) is 0 Å². The van der Waals surface area contributed by atoms with Gasteiger partial charge in [-0.05, 0) is 12.1 Å². The molecule has 25 heavy (non-hydrogen) atoms. The Morgan fingerprint density at radius 3 is 2.16 bits per heavy atom. The fourth-order valence-electron chi connectivity index (χ4n) is 2.48. The molecule has 0 atom stereocenters. The van der Waals surface area contributed by atoms with Gasteiger partial charge in [0.15, 0.2) is 11.5 Å². The van der Waals surface area contributed by atoms with Crippen LogP contribution in [0, 0.1) is 0 Å². The summed E-state index contributed by atoms with van der Waals surface area (Å²) < 4.78 is 21.5. The van der Waals surface area contributed by atoms with Gasteiger partial charge in [-0.15, -0.1) is 0 Å². The first-order chi connectivity index (χ1) is 11.6. The summed E-state index contributed by atoms with van der Waals surface area (Å²) in [6.07, 6.45) is 0. The predicted molar refractivity (Wildman–Crippen MR) is 89.0 cm³/mol. The zero-order chi connectivity index (χ0) is 17.3. The second kappa shape index (κ2) is 7.48. The number of hydrogen-bond acceptors (Lipinski definition) is 5. The number of rotatable bonds is 4. The van der Waals surface area contributed by atoms with Crippen LogP contribution in [-0.4, -0.2) is 31.5 Å². The number of phenolic OH excluding ortho intramolecular Hbond substituents is 1. The van der Waals surface area contributed by atoms with Crippen LogP contribution in [0.3, 0.4) is 0 Å². The minimum Gasteiger partial charge on any atom is -1.00 e. The molecule has 0 saturated carbocycles. The van der Waals surface area contributed by atoms with E-state index >= 15 is 0 Å². The molecule has 0 radical (unpaired) electrons. The van der Waals surface area contributed by atoms with Gasteiger partial charge >= 0.3 is 11.3 Å². The van der Waals surface area contributed by atoms with Crippen LogP contribution >= 0.6 is 0 Å². The predicted octanol–water partition coefficient (Wildman–Crippen LogP) is 0.822. The molecule has 0 aliphatic heterocycles. The Morgan fingerprint density at radius 1 is 0.800 bits per heavy atom. The molecule has 0 aliphatic rings. The maximum atomic E-state index is 10.4. The first kappa shape index (κ1) is 18.7. The number of hydrogen-bond donors (Lipinski definition) is 2. The van der Waals surface area contributed by atoms with Crippen LogP contribution in [0.5, 0.6) is 28.7 Å². The zero-order valence-electron chi connectivity index (χ0n) is 13.9. The van der Waals surface area contributed by atoms with Crippen molar-refractivity contribution >= 4 is 11.0 Å². The average Bonchev–Trinajstić information content (AvgIpc) is 2.61. The third-order valence-corrected chi connectivity index (χ3v) is 3.70. The largest absolute Gasteiger partial charge is 1.00 e. The summed E-state index contributed by atoms with van der Waals surface area (Å²) >= 11 is 0. The van der Waals surface area contributed by atoms with Crippen molar-refractivity contribution in [1.82, 2.24) is 0 Å². The second-order valence-electron chi connectivity index (χ2n) is 5.09. The summed E-state index contributed by atoms with van der Waals surface area (Å²) in [5, 5.41) is 20.7. The van der Waals surface area contributed by atoms with Gasteiger partial charge in [-0.1, -0.05) is 0 Å². The molecule has 0 saturated heterocycles. The summed E-state index contributed by atoms with van der Waals surface area (Å²) in [6.45, 7) is 0. The van der Waals surface area contributed by atoms with E-state index in [1.54, 1.807) is 37.4 Å². The first-order valence-electron chi connectivity index (χ1n) is 7.16. The normalized spacial score (nSPS) is 10.2. The number of aromatic hydroxyl groups is 2. The second-order valence-corrected chi connectivity index (χ2v) is 5.09. The van der Waals surface area contributed by atoms with E-state index in [1.165, 1.54) is 20.3 Å². The van der Waals surface area contributed by atoms with Crippen LogP contribution in [0.4, 0.5) is 0 Å². The summed E-state index contributed by atoms with van der Waals surface area (Å²) in [4.78, 5) is 0. The van der Waals surface area contributed by atoms with Crippen molar-refractivity contribution in [2.24, 2.45) is 0 Å². The molecule has 2 aromatic carbocycles. The van der Waals surface area contributed by atoms with Crippen LogP contribution in [0.25, 0.3) is 22.3 Å². The minimum absolute atomic E-state index is 0. The van der Waals surface area contributed by atoms with E-state index in [-0.39, 0.29) is 40.0 Å². The Kier molecular flexibility index (Phi) is 5.58. The lowest BCUT2D eigenvalue weighted by Gasteiger charge is -2.06. The number of fused-ring (bicyclic) bond motifs is 1. The number of methoxy groups -OCH3 is 3. The Hall–Kier alpha value is -2.67. The lowest BCUT2D eigenvalue weighted by atomic mass is 10.1. The van der Waals surface area contributed by atoms with Gasteiger partial charge in [-0.3, -0.25) is 0 Å². The smallest absolute Gasteiger partial charge is 0.402 e. The Balaban J connectivity index is 0.00000225. The number of halogens is 1. The Bertz CT molecular complexity index is 910. The van der Waals surface area contributed by atoms with Crippen molar-refractivity contribution in [2.75, 3.05) is 21.3 Å². The Morgan fingerprint density at radius 2 is 1.52 bits per heavy atom. The molecule has 1 heterocycles. The van der Waals surface area contributed by atoms with E-state index < -0.39 is 0 Å². The highest BCUT2D eigenvalue weighted by atomic mass is 79.9. The monoisotopic (exact) mass is 408 g/mol. The average molecular weight is 409 g/mol. The van der Waals surface area contributed by atoms with E-state index in [4.69, 9.17) is 18.6 Å². The van der Waals surface area contributed by atoms with E-state index in [0.717, 1.165) is 0 Å². The molecular formula is C18H17BrO6. The highest BCUT2D eigenvalue weighted by Gasteiger charge is 2.25. The summed E-state index contributed by atoms with van der Waals surface area (Å²) in [6, 6.07) is 9.65. The fraction of sp³-hybridized carbons (Fsp3) is 0.167. The summed E-state index contributed by atoms with van der Waals surface area (Å²) in [5.74, 6) is 1.58. The van der Waals surface area contributed by atoms with Crippen LogP contribution < -0.4 is 31.2 Å². The van der Waals surface area contributed by atoms with Crippen LogP contribution in [0.1, 0.15) is 0 Å². The van der Waals surface area contributed by atoms with Gasteiger partial charge in [0.2, 0.25) is 5.75 Å². The topological polar surface area (TPSA) is 79.5 Å². The molecule has 6 nitrogen and oxygen atoms in total. The van der Waals surface area contributed by atoms with Gasteiger partial charge in [0.25, 0.3) is 0 Å². The molecule has 1 aromatic heterocycles. The highest BCUT2D eigenvalue weighted by molar-refractivity contribution is 5.88. The highest BCUT2D eigenvalue weighted by Crippen LogP contribution is 2.40. The molecule has 0 spiro atoms. The molecule has 0 unspecified atom stereocenters. The molecule has 0 fully saturated rings. The zero-order valence-corrected chi connectivity index (χ0v) is 15.5. The quantitative estimate of drug-likeness (QED) is 0.622. The molecule has 3 aromatic rings. The van der Waals surface area contributed by atoms with Crippen LogP contribution in [-0.2, 0) is 0 Å². The maximum Gasteiger partial charge on any atom is 0.402 e. The van der Waals surface area contributed by atoms with Gasteiger partial charge in [-0.2, -0.15) is 0 Å². The van der Waals surface area contributed by atoms with Crippen molar-refractivity contribution < 1.29 is 45.8 Å². The molecule has 7 heteroatoms. The van der Waals surface area contributed by atoms with Gasteiger partial charge in [0.05, 0.1) is 33.0 Å². The maximum absolute atomic E-state index is 10.4. The van der Waals surface area contributed by atoms with Crippen molar-refractivity contribution in [3.63, 3.8) is 0 Å². The van der Waals surface area contributed by atoms with Gasteiger partial charge in [0.1, 0.15) is 16.9 Å². The SMILES string of the molecule is COc1cc(OC)c2cc(O)c(-c3ccc(O)c(OC)c3)[o+]c2c1.[Br-]. The fourth-order valence-corrected chi connectivity index (χ4v) is 2.48. The van der Waals surface area contributed by atoms with Crippen molar-refractivity contribution in [3.8, 4) is 40.1 Å². The number of phenols is 1. The molecular weight excluding hydrogens is 392 g/mol. The minimum atomic E-state index is -0.0568. The van der Waals surface area contributed by atoms with Crippen LogP contribution in [0.2, 0.25) is 0 Å². The van der Waals surface area contributed by atoms with Crippen molar-refractivity contribution in [3.05, 3.63) is 36.4 Å². The molecule has 132 valence electrons. The molecule has 2 N–H and O–H groups in total. The van der Waals surface area contributed by atoms with Gasteiger partial charge < -0.3 is 41.4 Å². The third-order valence-electron chi connectivity index (χ3n) is 3.70. The van der Waals surface area contributed by atoms with E-state index in [0.29, 0.717) is 28.0 Å². The molecule has 3 rings (SSSR count). The summed E-state index contributed by atoms with van der Waals surface area (Å²) in [5.41, 5.74) is 1.05. The van der Waals surface area contributed by atoms with E-state index in [2.05, 4.69) is 0 Å². The number of ether oxygens (including phenoxy) is 3. The number of benzene rings is 2. The Labute approximate surface area is 155 Å². The molecule has 0 amide bonds. The third kappa shape index (κ3) is 3.41. The lowest BCUT2D eigenvalue weighted by molar-refractivity contribution is -0.00000800. The van der Waals surface area contributed by atoms with Crippen LogP contribution in [0.15, 0.2) is 40.8 Å². The van der Waals surface area contributed by atoms with Gasteiger partial charge in [-0.25, -0.2) is 4.42 Å². The van der Waals surface area contributed by atoms with Gasteiger partial charge in [0, 0.05) is 18.2 Å². The molecule has 0 aliphatic carbocycles. The van der Waals surface area contributed by atoms with Crippen molar-refractivity contribution in [2.45, 2.75) is 0 Å². The standard InChI is InChI=1S/C18H16O6.BrH/c1-21-11-7-15(22-2)12-9-14(20)18(24-16(12)8-11)10-4-5-13(19)17(6-10)23-3;/h4-9H,1-3H3,(H-,19,20);1H. The summed E-state index contributed by atoms with van der Waals surface area (Å²) in [7, 11) is 4.53. The molecule has 0 bridgehead atoms. The van der Waals surface area contributed by atoms with Crippen molar-refractivity contribution in [1.29, 1.82) is 0 Å². The lowest BCUT2D eigenvalue weighted by Crippen LogP contribution is -3.00. The first-order valence-corrected chi connectivity index (χ1v) is 7.16. The van der Waals surface area contributed by atoms with E-state index in [9.17, 15) is 10.2 Å².